The van der Waals surface area contributed by atoms with Crippen LogP contribution in [-0.2, 0) is 6.54 Å². The average molecular weight is 288 g/mol. The first-order valence-corrected chi connectivity index (χ1v) is 7.88. The van der Waals surface area contributed by atoms with Gasteiger partial charge in [-0.1, -0.05) is 12.1 Å². The van der Waals surface area contributed by atoms with E-state index in [-0.39, 0.29) is 0 Å². The fourth-order valence-electron chi connectivity index (χ4n) is 3.88. The Kier molecular flexibility index (Phi) is 4.27. The maximum Gasteiger partial charge on any atom is 0.335 e. The van der Waals surface area contributed by atoms with Crippen LogP contribution < -0.4 is 5.32 Å². The van der Waals surface area contributed by atoms with E-state index in [2.05, 4.69) is 17.3 Å². The largest absolute Gasteiger partial charge is 0.478 e. The third kappa shape index (κ3) is 3.27. The maximum atomic E-state index is 10.8. The lowest BCUT2D eigenvalue weighted by Gasteiger charge is -2.36. The van der Waals surface area contributed by atoms with Crippen molar-refractivity contribution in [2.75, 3.05) is 13.6 Å². The van der Waals surface area contributed by atoms with Gasteiger partial charge in [0, 0.05) is 18.6 Å². The molecule has 0 aromatic heterocycles. The van der Waals surface area contributed by atoms with Gasteiger partial charge in [-0.3, -0.25) is 0 Å². The fraction of sp³-hybridized carbons (Fsp3) is 0.588. The summed E-state index contributed by atoms with van der Waals surface area (Å²) in [6.45, 7) is 1.89. The van der Waals surface area contributed by atoms with Crippen LogP contribution in [0.25, 0.3) is 0 Å². The van der Waals surface area contributed by atoms with Crippen molar-refractivity contribution < 1.29 is 9.90 Å². The molecule has 2 fully saturated rings. The number of nitrogens with zero attached hydrogens (tertiary/aromatic N) is 1. The van der Waals surface area contributed by atoms with Crippen molar-refractivity contribution in [1.82, 2.24) is 10.2 Å². The molecule has 2 aliphatic heterocycles. The maximum absolute atomic E-state index is 10.8. The van der Waals surface area contributed by atoms with Gasteiger partial charge in [0.05, 0.1) is 5.56 Å². The van der Waals surface area contributed by atoms with E-state index in [1.807, 2.05) is 12.1 Å². The lowest BCUT2D eigenvalue weighted by molar-refractivity contribution is 0.0697. The Morgan fingerprint density at radius 3 is 2.43 bits per heavy atom. The lowest BCUT2D eigenvalue weighted by Crippen LogP contribution is -2.42. The first-order chi connectivity index (χ1) is 10.1. The highest BCUT2D eigenvalue weighted by molar-refractivity contribution is 5.87. The summed E-state index contributed by atoms with van der Waals surface area (Å²) in [7, 11) is 2.27. The number of hydrogen-bond donors (Lipinski definition) is 2. The summed E-state index contributed by atoms with van der Waals surface area (Å²) >= 11 is 0. The predicted molar refractivity (Wildman–Crippen MR) is 82.4 cm³/mol. The van der Waals surface area contributed by atoms with Gasteiger partial charge < -0.3 is 15.3 Å². The normalized spacial score (nSPS) is 28.7. The van der Waals surface area contributed by atoms with E-state index in [1.54, 1.807) is 12.1 Å². The highest BCUT2D eigenvalue weighted by Crippen LogP contribution is 2.36. The molecular formula is C17H24N2O2. The van der Waals surface area contributed by atoms with Gasteiger partial charge >= 0.3 is 5.97 Å². The van der Waals surface area contributed by atoms with E-state index in [0.29, 0.717) is 5.56 Å². The molecule has 2 atom stereocenters. The molecule has 4 nitrogen and oxygen atoms in total. The highest BCUT2D eigenvalue weighted by atomic mass is 16.4. The van der Waals surface area contributed by atoms with Gasteiger partial charge in [-0.05, 0) is 62.9 Å². The molecule has 0 spiro atoms. The number of nitrogens with one attached hydrogen (secondary N) is 1. The second-order valence-corrected chi connectivity index (χ2v) is 6.52. The molecule has 2 aliphatic rings. The number of hydrogen-bond acceptors (Lipinski definition) is 3. The zero-order valence-electron chi connectivity index (χ0n) is 12.6. The first-order valence-electron chi connectivity index (χ1n) is 7.88. The summed E-state index contributed by atoms with van der Waals surface area (Å²) in [4.78, 5) is 13.4. The quantitative estimate of drug-likeness (QED) is 0.873. The standard InChI is InChI=1S/C17H24N2O2/c1-19-15-6-7-16(19)9-13(8-15)11-18-10-12-2-4-14(5-3-12)17(20)21/h2-5,13,15-16,18H,6-11H2,1H3,(H,20,21). The highest BCUT2D eigenvalue weighted by Gasteiger charge is 2.37. The zero-order chi connectivity index (χ0) is 14.8. The number of fused-ring (bicyclic) bond motifs is 2. The van der Waals surface area contributed by atoms with Gasteiger partial charge in [-0.25, -0.2) is 4.79 Å². The average Bonchev–Trinajstić information content (AvgIpc) is 2.70. The monoisotopic (exact) mass is 288 g/mol. The zero-order valence-corrected chi connectivity index (χ0v) is 12.6. The van der Waals surface area contributed by atoms with Gasteiger partial charge in [0.1, 0.15) is 0 Å². The van der Waals surface area contributed by atoms with E-state index in [9.17, 15) is 4.79 Å². The summed E-state index contributed by atoms with van der Waals surface area (Å²) in [6, 6.07) is 8.74. The molecule has 2 heterocycles. The van der Waals surface area contributed by atoms with Crippen molar-refractivity contribution >= 4 is 5.97 Å². The molecule has 0 amide bonds. The topological polar surface area (TPSA) is 52.6 Å². The molecule has 2 unspecified atom stereocenters. The van der Waals surface area contributed by atoms with Gasteiger partial charge in [0.2, 0.25) is 0 Å². The molecule has 0 radical (unpaired) electrons. The molecule has 0 saturated carbocycles. The van der Waals surface area contributed by atoms with Gasteiger partial charge in [-0.15, -0.1) is 0 Å². The Balaban J connectivity index is 1.45. The number of piperidine rings is 1. The van der Waals surface area contributed by atoms with Crippen LogP contribution in [0.5, 0.6) is 0 Å². The molecular weight excluding hydrogens is 264 g/mol. The summed E-state index contributed by atoms with van der Waals surface area (Å²) in [5.41, 5.74) is 1.50. The molecule has 1 aromatic carbocycles. The van der Waals surface area contributed by atoms with Crippen molar-refractivity contribution in [2.45, 2.75) is 44.3 Å². The predicted octanol–water partition coefficient (Wildman–Crippen LogP) is 2.35. The van der Waals surface area contributed by atoms with E-state index in [0.717, 1.165) is 36.7 Å². The molecule has 2 saturated heterocycles. The van der Waals surface area contributed by atoms with Crippen LogP contribution in [0.3, 0.4) is 0 Å². The minimum Gasteiger partial charge on any atom is -0.478 e. The number of benzene rings is 1. The second kappa shape index (κ2) is 6.16. The second-order valence-electron chi connectivity index (χ2n) is 6.52. The van der Waals surface area contributed by atoms with Crippen LogP contribution in [0.2, 0.25) is 0 Å². The third-order valence-electron chi connectivity index (χ3n) is 5.16. The van der Waals surface area contributed by atoms with Crippen LogP contribution in [0.1, 0.15) is 41.6 Å². The summed E-state index contributed by atoms with van der Waals surface area (Å²) in [5, 5.41) is 12.4. The van der Waals surface area contributed by atoms with Crippen LogP contribution in [0.4, 0.5) is 0 Å². The van der Waals surface area contributed by atoms with Crippen LogP contribution >= 0.6 is 0 Å². The number of carboxylic acid groups (broad SMARTS) is 1. The SMILES string of the molecule is CN1C2CCC1CC(CNCc1ccc(C(=O)O)cc1)C2. The van der Waals surface area contributed by atoms with Crippen LogP contribution in [0, 0.1) is 5.92 Å². The lowest BCUT2D eigenvalue weighted by atomic mass is 9.91. The van der Waals surface area contributed by atoms with Crippen molar-refractivity contribution in [3.05, 3.63) is 35.4 Å². The number of rotatable bonds is 5. The Hall–Kier alpha value is -1.39. The number of aromatic carboxylic acids is 1. The number of carbonyl (C=O) groups is 1. The van der Waals surface area contributed by atoms with Crippen molar-refractivity contribution in [3.63, 3.8) is 0 Å². The number of carboxylic acids is 1. The van der Waals surface area contributed by atoms with E-state index >= 15 is 0 Å². The van der Waals surface area contributed by atoms with Gasteiger partial charge in [0.15, 0.2) is 0 Å². The van der Waals surface area contributed by atoms with Gasteiger partial charge in [0.25, 0.3) is 0 Å². The molecule has 2 N–H and O–H groups in total. The minimum absolute atomic E-state index is 0.352. The molecule has 1 aromatic rings. The molecule has 4 heteroatoms. The van der Waals surface area contributed by atoms with Gasteiger partial charge in [-0.2, -0.15) is 0 Å². The molecule has 0 aliphatic carbocycles. The van der Waals surface area contributed by atoms with E-state index in [4.69, 9.17) is 5.11 Å². The van der Waals surface area contributed by atoms with E-state index < -0.39 is 5.97 Å². The Labute approximate surface area is 126 Å². The van der Waals surface area contributed by atoms with Crippen molar-refractivity contribution in [3.8, 4) is 0 Å². The van der Waals surface area contributed by atoms with Crippen LogP contribution in [0.15, 0.2) is 24.3 Å². The Morgan fingerprint density at radius 2 is 1.86 bits per heavy atom. The summed E-state index contributed by atoms with van der Waals surface area (Å²) in [6.07, 6.45) is 5.37. The molecule has 3 rings (SSSR count). The molecule has 2 bridgehead atoms. The Morgan fingerprint density at radius 1 is 1.24 bits per heavy atom. The smallest absolute Gasteiger partial charge is 0.335 e. The molecule has 21 heavy (non-hydrogen) atoms. The van der Waals surface area contributed by atoms with Crippen LogP contribution in [-0.4, -0.2) is 41.7 Å². The fourth-order valence-corrected chi connectivity index (χ4v) is 3.88. The van der Waals surface area contributed by atoms with E-state index in [1.165, 1.54) is 25.7 Å². The minimum atomic E-state index is -0.865. The molecule has 114 valence electrons. The Bertz CT molecular complexity index is 486. The summed E-state index contributed by atoms with van der Waals surface area (Å²) in [5.74, 6) is -0.0756. The first kappa shape index (κ1) is 14.5. The third-order valence-corrected chi connectivity index (χ3v) is 5.16. The van der Waals surface area contributed by atoms with Crippen molar-refractivity contribution in [2.24, 2.45) is 5.92 Å². The van der Waals surface area contributed by atoms with Crippen molar-refractivity contribution in [1.29, 1.82) is 0 Å². The summed E-state index contributed by atoms with van der Waals surface area (Å²) < 4.78 is 0.